The summed E-state index contributed by atoms with van der Waals surface area (Å²) in [5, 5.41) is 4.28. The lowest BCUT2D eigenvalue weighted by Gasteiger charge is -2.20. The molecule has 3 rings (SSSR count). The van der Waals surface area contributed by atoms with Gasteiger partial charge in [0.15, 0.2) is 0 Å². The van der Waals surface area contributed by atoms with Crippen molar-refractivity contribution in [3.05, 3.63) is 34.5 Å². The molecule has 1 fully saturated rings. The van der Waals surface area contributed by atoms with Gasteiger partial charge in [0.2, 0.25) is 11.8 Å². The quantitative estimate of drug-likeness (QED) is 0.865. The van der Waals surface area contributed by atoms with Gasteiger partial charge < -0.3 is 15.2 Å². The summed E-state index contributed by atoms with van der Waals surface area (Å²) >= 11 is 0. The predicted octanol–water partition coefficient (Wildman–Crippen LogP) is 3.22. The lowest BCUT2D eigenvalue weighted by atomic mass is 10.0. The molecule has 0 saturated carbocycles. The van der Waals surface area contributed by atoms with Gasteiger partial charge in [-0.15, -0.1) is 0 Å². The lowest BCUT2D eigenvalue weighted by molar-refractivity contribution is -0.129. The summed E-state index contributed by atoms with van der Waals surface area (Å²) in [5.41, 5.74) is 5.92. The fourth-order valence-electron chi connectivity index (χ4n) is 3.94. The molecule has 2 heterocycles. The number of aryl methyl sites for hydroxylation is 3. The highest BCUT2D eigenvalue weighted by Crippen LogP contribution is 2.27. The van der Waals surface area contributed by atoms with Crippen molar-refractivity contribution in [2.45, 2.75) is 60.0 Å². The third-order valence-corrected chi connectivity index (χ3v) is 5.46. The number of aromatic nitrogens is 1. The van der Waals surface area contributed by atoms with Crippen LogP contribution in [0.2, 0.25) is 0 Å². The van der Waals surface area contributed by atoms with Crippen molar-refractivity contribution in [3.8, 4) is 0 Å². The highest BCUT2D eigenvalue weighted by molar-refractivity contribution is 5.90. The van der Waals surface area contributed by atoms with Crippen molar-refractivity contribution in [3.63, 3.8) is 0 Å². The molecule has 5 heteroatoms. The summed E-state index contributed by atoms with van der Waals surface area (Å²) in [6.45, 7) is 11.3. The van der Waals surface area contributed by atoms with E-state index in [9.17, 15) is 9.59 Å². The van der Waals surface area contributed by atoms with Crippen LogP contribution in [0.25, 0.3) is 10.9 Å². The molecule has 0 aliphatic carbocycles. The van der Waals surface area contributed by atoms with E-state index in [1.807, 2.05) is 13.8 Å². The molecule has 140 valence electrons. The minimum Gasteiger partial charge on any atom is -0.358 e. The number of carbonyl (C=O) groups is 2. The average Bonchev–Trinajstić information content (AvgIpc) is 3.13. The Labute approximate surface area is 155 Å². The fraction of sp³-hybridized carbons (Fsp3) is 0.524. The number of nitrogens with zero attached hydrogens (tertiary/aromatic N) is 1. The largest absolute Gasteiger partial charge is 0.358 e. The van der Waals surface area contributed by atoms with Crippen LogP contribution in [-0.4, -0.2) is 34.3 Å². The summed E-state index contributed by atoms with van der Waals surface area (Å²) < 4.78 is 0. The summed E-state index contributed by atoms with van der Waals surface area (Å²) in [6, 6.07) is 4.46. The fourth-order valence-corrected chi connectivity index (χ4v) is 3.94. The number of amides is 2. The van der Waals surface area contributed by atoms with Crippen molar-refractivity contribution in [1.29, 1.82) is 0 Å². The Bertz CT molecular complexity index is 851. The van der Waals surface area contributed by atoms with Crippen LogP contribution in [0.5, 0.6) is 0 Å². The van der Waals surface area contributed by atoms with E-state index in [0.717, 1.165) is 17.5 Å². The zero-order valence-corrected chi connectivity index (χ0v) is 16.4. The van der Waals surface area contributed by atoms with Gasteiger partial charge in [0, 0.05) is 36.6 Å². The first kappa shape index (κ1) is 18.5. The van der Waals surface area contributed by atoms with E-state index < -0.39 is 0 Å². The maximum Gasteiger partial charge on any atom is 0.225 e. The van der Waals surface area contributed by atoms with Crippen LogP contribution in [0, 0.1) is 19.8 Å². The van der Waals surface area contributed by atoms with Gasteiger partial charge in [0.1, 0.15) is 0 Å². The summed E-state index contributed by atoms with van der Waals surface area (Å²) in [5.74, 6) is -0.206. The minimum absolute atomic E-state index is 0.0323. The van der Waals surface area contributed by atoms with Crippen molar-refractivity contribution < 1.29 is 9.59 Å². The molecule has 1 aromatic heterocycles. The summed E-state index contributed by atoms with van der Waals surface area (Å²) in [4.78, 5) is 29.9. The van der Waals surface area contributed by atoms with Gasteiger partial charge in [0.25, 0.3) is 0 Å². The van der Waals surface area contributed by atoms with Crippen LogP contribution in [0.4, 0.5) is 0 Å². The highest BCUT2D eigenvalue weighted by Gasteiger charge is 2.35. The Morgan fingerprint density at radius 2 is 2.08 bits per heavy atom. The molecule has 5 nitrogen and oxygen atoms in total. The molecule has 2 amide bonds. The number of nitrogens with one attached hydrogen (secondary N) is 2. The van der Waals surface area contributed by atoms with Crippen LogP contribution in [0.3, 0.4) is 0 Å². The van der Waals surface area contributed by atoms with E-state index >= 15 is 0 Å². The molecule has 2 N–H and O–H groups in total. The van der Waals surface area contributed by atoms with Gasteiger partial charge in [-0.3, -0.25) is 9.59 Å². The molecule has 2 aromatic rings. The molecule has 1 atom stereocenters. The summed E-state index contributed by atoms with van der Waals surface area (Å²) in [6.07, 6.45) is 1.27. The van der Waals surface area contributed by atoms with Crippen LogP contribution in [0.1, 0.15) is 49.6 Å². The van der Waals surface area contributed by atoms with Crippen LogP contribution < -0.4 is 5.32 Å². The first-order valence-corrected chi connectivity index (χ1v) is 9.49. The Balaban J connectivity index is 1.76. The summed E-state index contributed by atoms with van der Waals surface area (Å²) in [7, 11) is 0. The zero-order chi connectivity index (χ0) is 19.0. The molecular weight excluding hydrogens is 326 g/mol. The van der Waals surface area contributed by atoms with Gasteiger partial charge in [-0.25, -0.2) is 0 Å². The molecule has 0 radical (unpaired) electrons. The first-order chi connectivity index (χ1) is 12.3. The third-order valence-electron chi connectivity index (χ3n) is 5.46. The average molecular weight is 355 g/mol. The third kappa shape index (κ3) is 3.35. The van der Waals surface area contributed by atoms with Crippen LogP contribution >= 0.6 is 0 Å². The molecule has 1 aliphatic rings. The van der Waals surface area contributed by atoms with Crippen LogP contribution in [0.15, 0.2) is 12.1 Å². The van der Waals surface area contributed by atoms with Crippen molar-refractivity contribution in [2.24, 2.45) is 5.92 Å². The number of hydrogen-bond donors (Lipinski definition) is 2. The number of carbonyl (C=O) groups excluding carboxylic acids is 2. The van der Waals surface area contributed by atoms with E-state index in [1.54, 1.807) is 4.90 Å². The SMILES string of the molecule is CCc1[nH]c2c(CNC(=O)C3CC(=O)N(C(C)C)C3)cc(C)cc2c1C. The van der Waals surface area contributed by atoms with Gasteiger partial charge in [-0.05, 0) is 51.3 Å². The van der Waals surface area contributed by atoms with Crippen molar-refractivity contribution >= 4 is 22.7 Å². The van der Waals surface area contributed by atoms with E-state index in [2.05, 4.69) is 43.2 Å². The topological polar surface area (TPSA) is 65.2 Å². The minimum atomic E-state index is -0.248. The second kappa shape index (κ2) is 7.14. The van der Waals surface area contributed by atoms with E-state index in [0.29, 0.717) is 19.5 Å². The van der Waals surface area contributed by atoms with Crippen molar-refractivity contribution in [1.82, 2.24) is 15.2 Å². The Hall–Kier alpha value is -2.30. The van der Waals surface area contributed by atoms with E-state index in [-0.39, 0.29) is 23.8 Å². The van der Waals surface area contributed by atoms with Gasteiger partial charge in [-0.2, -0.15) is 0 Å². The van der Waals surface area contributed by atoms with Gasteiger partial charge in [-0.1, -0.05) is 18.6 Å². The number of fused-ring (bicyclic) bond motifs is 1. The Morgan fingerprint density at radius 1 is 1.35 bits per heavy atom. The normalized spacial score (nSPS) is 17.5. The van der Waals surface area contributed by atoms with E-state index in [4.69, 9.17) is 0 Å². The van der Waals surface area contributed by atoms with Crippen LogP contribution in [-0.2, 0) is 22.6 Å². The number of benzene rings is 1. The molecule has 26 heavy (non-hydrogen) atoms. The smallest absolute Gasteiger partial charge is 0.225 e. The molecule has 1 unspecified atom stereocenters. The van der Waals surface area contributed by atoms with Crippen molar-refractivity contribution in [2.75, 3.05) is 6.54 Å². The monoisotopic (exact) mass is 355 g/mol. The molecule has 0 bridgehead atoms. The molecule has 0 spiro atoms. The Morgan fingerprint density at radius 3 is 2.69 bits per heavy atom. The molecule has 1 saturated heterocycles. The van der Waals surface area contributed by atoms with Gasteiger partial charge >= 0.3 is 0 Å². The standard InChI is InChI=1S/C21H29N3O2/c1-6-18-14(5)17-8-13(4)7-15(20(17)23-18)10-22-21(26)16-9-19(25)24(11-16)12(2)3/h7-8,12,16,23H,6,9-11H2,1-5H3,(H,22,26). The number of H-pyrrole nitrogens is 1. The second-order valence-electron chi connectivity index (χ2n) is 7.69. The predicted molar refractivity (Wildman–Crippen MR) is 104 cm³/mol. The second-order valence-corrected chi connectivity index (χ2v) is 7.69. The lowest BCUT2D eigenvalue weighted by Crippen LogP contribution is -2.35. The molecular formula is C21H29N3O2. The number of rotatable bonds is 5. The van der Waals surface area contributed by atoms with Gasteiger partial charge in [0.05, 0.1) is 11.4 Å². The maximum absolute atomic E-state index is 12.6. The highest BCUT2D eigenvalue weighted by atomic mass is 16.2. The zero-order valence-electron chi connectivity index (χ0n) is 16.4. The maximum atomic E-state index is 12.6. The molecule has 1 aromatic carbocycles. The number of hydrogen-bond acceptors (Lipinski definition) is 2. The first-order valence-electron chi connectivity index (χ1n) is 9.49. The number of likely N-dealkylation sites (tertiary alicyclic amines) is 1. The Kier molecular flexibility index (Phi) is 5.08. The number of aromatic amines is 1. The van der Waals surface area contributed by atoms with E-state index in [1.165, 1.54) is 22.2 Å². The molecule has 1 aliphatic heterocycles.